The molecule has 0 aliphatic carbocycles. The first-order chi connectivity index (χ1) is 13.7. The normalized spacial score (nSPS) is 13.7. The van der Waals surface area contributed by atoms with Gasteiger partial charge in [0, 0.05) is 11.8 Å². The van der Waals surface area contributed by atoms with E-state index >= 15 is 0 Å². The van der Waals surface area contributed by atoms with E-state index in [1.807, 2.05) is 6.92 Å². The van der Waals surface area contributed by atoms with E-state index in [0.29, 0.717) is 36.5 Å². The van der Waals surface area contributed by atoms with E-state index in [1.165, 1.54) is 24.3 Å². The lowest BCUT2D eigenvalue weighted by Gasteiger charge is -2.14. The number of ether oxygens (including phenoxy) is 2. The van der Waals surface area contributed by atoms with Gasteiger partial charge in [0.15, 0.2) is 0 Å². The molecule has 2 atom stereocenters. The molecular formula is C21H25Cl3O4S. The third-order valence-electron chi connectivity index (χ3n) is 4.43. The van der Waals surface area contributed by atoms with Crippen LogP contribution in [0, 0.1) is 11.8 Å². The molecule has 0 N–H and O–H groups in total. The lowest BCUT2D eigenvalue weighted by Crippen LogP contribution is -2.10. The van der Waals surface area contributed by atoms with Crippen LogP contribution >= 0.6 is 34.8 Å². The van der Waals surface area contributed by atoms with Crippen molar-refractivity contribution in [2.45, 2.75) is 37.0 Å². The average Bonchev–Trinajstić information content (AvgIpc) is 2.71. The van der Waals surface area contributed by atoms with Crippen LogP contribution < -0.4 is 9.47 Å². The van der Waals surface area contributed by atoms with Crippen molar-refractivity contribution in [1.82, 2.24) is 0 Å². The monoisotopic (exact) mass is 478 g/mol. The molecule has 2 aromatic carbocycles. The molecule has 0 saturated heterocycles. The Morgan fingerprint density at radius 1 is 0.862 bits per heavy atom. The standard InChI is InChI=1S/C21H25Cl3O4S/c1-4-14(2)12-27-20-7-5-16(9-18(20)23)29(25,26)17-6-8-21(19(24)10-17)28-13-15(3)11-22/h5-10,14-15H,4,11-13H2,1-3H3/t14-,15-/m0/s1. The fourth-order valence-corrected chi connectivity index (χ4v) is 4.30. The maximum absolute atomic E-state index is 13.0. The second kappa shape index (κ2) is 10.8. The molecule has 0 fully saturated rings. The summed E-state index contributed by atoms with van der Waals surface area (Å²) in [5, 5.41) is 0.461. The highest BCUT2D eigenvalue weighted by Crippen LogP contribution is 2.33. The van der Waals surface area contributed by atoms with Crippen LogP contribution in [0.2, 0.25) is 10.0 Å². The first-order valence-electron chi connectivity index (χ1n) is 9.34. The van der Waals surface area contributed by atoms with Crippen LogP contribution in [0.15, 0.2) is 46.2 Å². The Morgan fingerprint density at radius 2 is 1.31 bits per heavy atom. The number of halogens is 3. The van der Waals surface area contributed by atoms with Crippen molar-refractivity contribution in [3.05, 3.63) is 46.4 Å². The van der Waals surface area contributed by atoms with Crippen LogP contribution in [0.5, 0.6) is 11.5 Å². The minimum absolute atomic E-state index is 0.0598. The lowest BCUT2D eigenvalue weighted by atomic mass is 10.1. The summed E-state index contributed by atoms with van der Waals surface area (Å²) >= 11 is 18.2. The Morgan fingerprint density at radius 3 is 1.69 bits per heavy atom. The number of sulfone groups is 1. The predicted molar refractivity (Wildman–Crippen MR) is 119 cm³/mol. The summed E-state index contributed by atoms with van der Waals surface area (Å²) in [6.07, 6.45) is 0.981. The molecule has 0 radical (unpaired) electrons. The highest BCUT2D eigenvalue weighted by molar-refractivity contribution is 7.91. The second-order valence-corrected chi connectivity index (χ2v) is 10.2. The molecule has 8 heteroatoms. The summed E-state index contributed by atoms with van der Waals surface area (Å²) in [6.45, 7) is 7.00. The molecule has 4 nitrogen and oxygen atoms in total. The van der Waals surface area contributed by atoms with E-state index in [9.17, 15) is 8.42 Å². The minimum atomic E-state index is -3.79. The molecule has 2 aromatic rings. The smallest absolute Gasteiger partial charge is 0.206 e. The molecule has 0 bridgehead atoms. The molecule has 0 spiro atoms. The summed E-state index contributed by atoms with van der Waals surface area (Å²) in [5.74, 6) is 1.86. The maximum atomic E-state index is 13.0. The van der Waals surface area contributed by atoms with E-state index in [0.717, 1.165) is 6.42 Å². The largest absolute Gasteiger partial charge is 0.492 e. The van der Waals surface area contributed by atoms with Crippen LogP contribution in [0.3, 0.4) is 0 Å². The molecule has 2 rings (SSSR count). The first-order valence-corrected chi connectivity index (χ1v) is 12.1. The van der Waals surface area contributed by atoms with E-state index in [-0.39, 0.29) is 25.8 Å². The second-order valence-electron chi connectivity index (χ2n) is 7.08. The van der Waals surface area contributed by atoms with Gasteiger partial charge in [0.25, 0.3) is 0 Å². The zero-order valence-corrected chi connectivity index (χ0v) is 19.7. The van der Waals surface area contributed by atoms with Crippen molar-refractivity contribution in [3.8, 4) is 11.5 Å². The van der Waals surface area contributed by atoms with Crippen LogP contribution in [0.1, 0.15) is 27.2 Å². The quantitative estimate of drug-likeness (QED) is 0.365. The Bertz CT molecular complexity index is 862. The topological polar surface area (TPSA) is 52.6 Å². The Hall–Kier alpha value is -1.14. The van der Waals surface area contributed by atoms with E-state index in [1.54, 1.807) is 12.1 Å². The average molecular weight is 480 g/mol. The summed E-state index contributed by atoms with van der Waals surface area (Å²) in [4.78, 5) is 0.128. The van der Waals surface area contributed by atoms with Gasteiger partial charge in [-0.2, -0.15) is 0 Å². The van der Waals surface area contributed by atoms with Crippen LogP contribution in [0.4, 0.5) is 0 Å². The van der Waals surface area contributed by atoms with Gasteiger partial charge in [-0.3, -0.25) is 0 Å². The van der Waals surface area contributed by atoms with Crippen LogP contribution in [0.25, 0.3) is 0 Å². The Labute approximate surface area is 188 Å². The zero-order valence-electron chi connectivity index (χ0n) is 16.6. The number of hydrogen-bond donors (Lipinski definition) is 0. The first kappa shape index (κ1) is 24.1. The number of rotatable bonds is 10. The SMILES string of the molecule is CC[C@H](C)COc1ccc(S(=O)(=O)c2ccc(OC[C@@H](C)CCl)c(Cl)c2)cc1Cl. The van der Waals surface area contributed by atoms with Crippen molar-refractivity contribution >= 4 is 44.6 Å². The van der Waals surface area contributed by atoms with Crippen molar-refractivity contribution in [2.24, 2.45) is 11.8 Å². The zero-order chi connectivity index (χ0) is 21.6. The van der Waals surface area contributed by atoms with E-state index in [4.69, 9.17) is 44.3 Å². The Kier molecular flexibility index (Phi) is 8.95. The van der Waals surface area contributed by atoms with Gasteiger partial charge in [-0.05, 0) is 42.3 Å². The van der Waals surface area contributed by atoms with Gasteiger partial charge >= 0.3 is 0 Å². The Balaban J connectivity index is 2.21. The molecule has 160 valence electrons. The lowest BCUT2D eigenvalue weighted by molar-refractivity contribution is 0.256. The summed E-state index contributed by atoms with van der Waals surface area (Å²) in [7, 11) is -3.79. The van der Waals surface area contributed by atoms with Crippen molar-refractivity contribution < 1.29 is 17.9 Å². The molecule has 0 saturated carbocycles. The molecular weight excluding hydrogens is 455 g/mol. The highest BCUT2D eigenvalue weighted by atomic mass is 35.5. The highest BCUT2D eigenvalue weighted by Gasteiger charge is 2.21. The van der Waals surface area contributed by atoms with Gasteiger partial charge < -0.3 is 9.47 Å². The predicted octanol–water partition coefficient (Wildman–Crippen LogP) is 6.50. The number of hydrogen-bond acceptors (Lipinski definition) is 4. The van der Waals surface area contributed by atoms with Crippen LogP contribution in [-0.4, -0.2) is 27.5 Å². The van der Waals surface area contributed by atoms with Crippen molar-refractivity contribution in [3.63, 3.8) is 0 Å². The summed E-state index contributed by atoms with van der Waals surface area (Å²) in [5.41, 5.74) is 0. The minimum Gasteiger partial charge on any atom is -0.492 e. The summed E-state index contributed by atoms with van der Waals surface area (Å²) in [6, 6.07) is 8.82. The van der Waals surface area contributed by atoms with Gasteiger partial charge in [-0.1, -0.05) is 50.4 Å². The van der Waals surface area contributed by atoms with Gasteiger partial charge in [0.05, 0.1) is 33.0 Å². The third-order valence-corrected chi connectivity index (χ3v) is 7.30. The van der Waals surface area contributed by atoms with Gasteiger partial charge in [-0.15, -0.1) is 11.6 Å². The maximum Gasteiger partial charge on any atom is 0.206 e. The molecule has 0 heterocycles. The third kappa shape index (κ3) is 6.42. The summed E-state index contributed by atoms with van der Waals surface area (Å²) < 4.78 is 37.2. The molecule has 0 aromatic heterocycles. The fourth-order valence-electron chi connectivity index (χ4n) is 2.29. The molecule has 0 aliphatic heterocycles. The number of alkyl halides is 1. The van der Waals surface area contributed by atoms with Gasteiger partial charge in [0.2, 0.25) is 9.84 Å². The van der Waals surface area contributed by atoms with E-state index in [2.05, 4.69) is 13.8 Å². The van der Waals surface area contributed by atoms with Gasteiger partial charge in [-0.25, -0.2) is 8.42 Å². The van der Waals surface area contributed by atoms with Crippen LogP contribution in [-0.2, 0) is 9.84 Å². The molecule has 0 unspecified atom stereocenters. The fraction of sp³-hybridized carbons (Fsp3) is 0.429. The molecule has 29 heavy (non-hydrogen) atoms. The van der Waals surface area contributed by atoms with Crippen molar-refractivity contribution in [2.75, 3.05) is 19.1 Å². The molecule has 0 aliphatic rings. The molecule has 0 amide bonds. The van der Waals surface area contributed by atoms with Gasteiger partial charge in [0.1, 0.15) is 11.5 Å². The van der Waals surface area contributed by atoms with E-state index < -0.39 is 9.84 Å². The van der Waals surface area contributed by atoms with Crippen molar-refractivity contribution in [1.29, 1.82) is 0 Å². The number of benzene rings is 2.